The van der Waals surface area contributed by atoms with Crippen LogP contribution in [0.15, 0.2) is 48.8 Å². The van der Waals surface area contributed by atoms with Crippen LogP contribution in [0.4, 0.5) is 5.82 Å². The molecule has 6 rings (SSSR count). The van der Waals surface area contributed by atoms with Gasteiger partial charge in [-0.25, -0.2) is 15.0 Å². The standard InChI is InChI=1S/C26H23N5O3/c1-14(32)26-12-18(26)21(22(33)23(26)34)31-13-28-20-24(27-2)29-19(30-25(20)31)11-10-16-8-5-7-15-6-3-4-9-17(15)16/h3-9,13,18,21-23,33-34H,12H2,1-2H3,(H,27,29,30)/t18?,21-,22+,23?,26+/m1/s1. The number of anilines is 1. The molecule has 34 heavy (non-hydrogen) atoms. The first-order chi connectivity index (χ1) is 16.5. The van der Waals surface area contributed by atoms with Crippen LogP contribution >= 0.6 is 0 Å². The molecule has 0 aliphatic heterocycles. The molecule has 0 bridgehead atoms. The van der Waals surface area contributed by atoms with Crippen LogP contribution < -0.4 is 5.32 Å². The van der Waals surface area contributed by atoms with Gasteiger partial charge in [-0.1, -0.05) is 42.3 Å². The van der Waals surface area contributed by atoms with Crippen molar-refractivity contribution in [2.24, 2.45) is 11.3 Å². The minimum Gasteiger partial charge on any atom is -0.389 e. The molecule has 0 radical (unpaired) electrons. The number of aromatic nitrogens is 4. The molecule has 2 unspecified atom stereocenters. The third-order valence-corrected chi connectivity index (χ3v) is 7.41. The minimum atomic E-state index is -1.10. The number of aliphatic hydroxyl groups is 2. The summed E-state index contributed by atoms with van der Waals surface area (Å²) in [6.45, 7) is 1.48. The van der Waals surface area contributed by atoms with Crippen molar-refractivity contribution in [3.63, 3.8) is 0 Å². The molecule has 2 heterocycles. The van der Waals surface area contributed by atoms with Crippen molar-refractivity contribution in [2.45, 2.75) is 31.6 Å². The molecule has 2 fully saturated rings. The lowest BCUT2D eigenvalue weighted by atomic mass is 9.95. The number of nitrogens with one attached hydrogen (secondary N) is 1. The molecular formula is C26H23N5O3. The summed E-state index contributed by atoms with van der Waals surface area (Å²) in [5.41, 5.74) is 1.04. The van der Waals surface area contributed by atoms with Crippen LogP contribution in [0.5, 0.6) is 0 Å². The van der Waals surface area contributed by atoms with E-state index < -0.39 is 23.7 Å². The van der Waals surface area contributed by atoms with E-state index in [0.717, 1.165) is 16.3 Å². The predicted molar refractivity (Wildman–Crippen MR) is 127 cm³/mol. The SMILES string of the molecule is CNc1nc(C#Cc2cccc3ccccc23)nc2c1ncn2[C@@H]1C2C[C@@]2(C(C)=O)C(O)[C@H]1O. The Morgan fingerprint density at radius 1 is 1.15 bits per heavy atom. The summed E-state index contributed by atoms with van der Waals surface area (Å²) in [6, 6.07) is 13.5. The Balaban J connectivity index is 1.45. The quantitative estimate of drug-likeness (QED) is 0.408. The highest BCUT2D eigenvalue weighted by molar-refractivity contribution is 5.89. The average molecular weight is 454 g/mol. The van der Waals surface area contributed by atoms with Crippen LogP contribution in [0.2, 0.25) is 0 Å². The van der Waals surface area contributed by atoms with Crippen LogP contribution in [-0.4, -0.2) is 54.8 Å². The van der Waals surface area contributed by atoms with E-state index in [2.05, 4.69) is 32.1 Å². The molecule has 2 aromatic heterocycles. The molecule has 2 aromatic carbocycles. The Bertz CT molecular complexity index is 1530. The van der Waals surface area contributed by atoms with Crippen molar-refractivity contribution >= 4 is 33.5 Å². The number of imidazole rings is 1. The van der Waals surface area contributed by atoms with E-state index in [1.807, 2.05) is 42.5 Å². The molecule has 2 aliphatic carbocycles. The third-order valence-electron chi connectivity index (χ3n) is 7.41. The van der Waals surface area contributed by atoms with Gasteiger partial charge in [0, 0.05) is 12.6 Å². The summed E-state index contributed by atoms with van der Waals surface area (Å²) >= 11 is 0. The highest BCUT2D eigenvalue weighted by atomic mass is 16.3. The first-order valence-corrected chi connectivity index (χ1v) is 11.2. The van der Waals surface area contributed by atoms with Crippen molar-refractivity contribution in [2.75, 3.05) is 12.4 Å². The van der Waals surface area contributed by atoms with Crippen molar-refractivity contribution in [3.8, 4) is 11.8 Å². The van der Waals surface area contributed by atoms with Crippen LogP contribution in [0.25, 0.3) is 21.9 Å². The third kappa shape index (κ3) is 2.81. The second-order valence-electron chi connectivity index (χ2n) is 9.08. The molecule has 2 saturated carbocycles. The van der Waals surface area contributed by atoms with Gasteiger partial charge in [-0.05, 0) is 42.0 Å². The summed E-state index contributed by atoms with van der Waals surface area (Å²) < 4.78 is 1.76. The summed E-state index contributed by atoms with van der Waals surface area (Å²) in [5.74, 6) is 6.84. The number of fused-ring (bicyclic) bond motifs is 3. The lowest BCUT2D eigenvalue weighted by molar-refractivity contribution is -0.128. The smallest absolute Gasteiger partial charge is 0.209 e. The van der Waals surface area contributed by atoms with E-state index in [1.165, 1.54) is 6.92 Å². The van der Waals surface area contributed by atoms with Gasteiger partial charge < -0.3 is 20.1 Å². The monoisotopic (exact) mass is 453 g/mol. The largest absolute Gasteiger partial charge is 0.389 e. The summed E-state index contributed by atoms with van der Waals surface area (Å²) in [5, 5.41) is 26.7. The Morgan fingerprint density at radius 2 is 1.94 bits per heavy atom. The zero-order chi connectivity index (χ0) is 23.6. The zero-order valence-electron chi connectivity index (χ0n) is 18.7. The van der Waals surface area contributed by atoms with Crippen molar-refractivity contribution in [1.82, 2.24) is 19.5 Å². The van der Waals surface area contributed by atoms with Crippen LogP contribution in [0.1, 0.15) is 30.8 Å². The molecular weight excluding hydrogens is 430 g/mol. The summed E-state index contributed by atoms with van der Waals surface area (Å²) in [7, 11) is 1.75. The highest BCUT2D eigenvalue weighted by Crippen LogP contribution is 2.68. The van der Waals surface area contributed by atoms with Gasteiger partial charge in [0.05, 0.1) is 23.9 Å². The van der Waals surface area contributed by atoms with E-state index in [-0.39, 0.29) is 11.7 Å². The molecule has 170 valence electrons. The molecule has 4 aromatic rings. The molecule has 8 nitrogen and oxygen atoms in total. The number of benzene rings is 2. The van der Waals surface area contributed by atoms with Crippen molar-refractivity contribution in [3.05, 3.63) is 60.2 Å². The van der Waals surface area contributed by atoms with E-state index in [9.17, 15) is 15.0 Å². The number of hydrogen-bond acceptors (Lipinski definition) is 7. The van der Waals surface area contributed by atoms with Crippen LogP contribution in [0.3, 0.4) is 0 Å². The number of carbonyl (C=O) groups excluding carboxylic acids is 1. The van der Waals surface area contributed by atoms with Gasteiger partial charge in [0.2, 0.25) is 5.82 Å². The second kappa shape index (κ2) is 7.35. The second-order valence-corrected chi connectivity index (χ2v) is 9.08. The molecule has 8 heteroatoms. The summed E-state index contributed by atoms with van der Waals surface area (Å²) in [6.07, 6.45) is -0.0493. The number of ketones is 1. The van der Waals surface area contributed by atoms with E-state index in [0.29, 0.717) is 29.2 Å². The maximum absolute atomic E-state index is 12.3. The first-order valence-electron chi connectivity index (χ1n) is 11.2. The fourth-order valence-corrected chi connectivity index (χ4v) is 5.59. The number of carbonyl (C=O) groups is 1. The highest BCUT2D eigenvalue weighted by Gasteiger charge is 2.74. The van der Waals surface area contributed by atoms with Gasteiger partial charge in [0.25, 0.3) is 0 Å². The molecule has 3 N–H and O–H groups in total. The maximum atomic E-state index is 12.3. The minimum absolute atomic E-state index is 0.0943. The molecule has 0 spiro atoms. The molecule has 0 saturated heterocycles. The van der Waals surface area contributed by atoms with Gasteiger partial charge in [0.15, 0.2) is 17.0 Å². The normalized spacial score (nSPS) is 27.3. The Kier molecular flexibility index (Phi) is 4.49. The maximum Gasteiger partial charge on any atom is 0.209 e. The number of hydrogen-bond donors (Lipinski definition) is 3. The van der Waals surface area contributed by atoms with Crippen molar-refractivity contribution in [1.29, 1.82) is 0 Å². The van der Waals surface area contributed by atoms with Gasteiger partial charge in [-0.3, -0.25) is 4.79 Å². The lowest BCUT2D eigenvalue weighted by Gasteiger charge is -2.23. The molecule has 5 atom stereocenters. The van der Waals surface area contributed by atoms with E-state index >= 15 is 0 Å². The van der Waals surface area contributed by atoms with Gasteiger partial charge in [-0.2, -0.15) is 0 Å². The van der Waals surface area contributed by atoms with E-state index in [4.69, 9.17) is 0 Å². The molecule has 0 amide bonds. The Morgan fingerprint density at radius 3 is 2.71 bits per heavy atom. The number of aliphatic hydroxyl groups excluding tert-OH is 2. The fourth-order valence-electron chi connectivity index (χ4n) is 5.59. The predicted octanol–water partition coefficient (Wildman–Crippen LogP) is 2.29. The van der Waals surface area contributed by atoms with E-state index in [1.54, 1.807) is 17.9 Å². The Labute approximate surface area is 195 Å². The van der Waals surface area contributed by atoms with Crippen LogP contribution in [-0.2, 0) is 4.79 Å². The summed E-state index contributed by atoms with van der Waals surface area (Å²) in [4.78, 5) is 25.9. The Hall–Kier alpha value is -3.80. The van der Waals surface area contributed by atoms with Crippen LogP contribution in [0, 0.1) is 23.2 Å². The lowest BCUT2D eigenvalue weighted by Crippen LogP contribution is -2.36. The number of rotatable bonds is 3. The van der Waals surface area contributed by atoms with Gasteiger partial charge >= 0.3 is 0 Å². The first kappa shape index (κ1) is 20.8. The number of nitrogens with zero attached hydrogens (tertiary/aromatic N) is 4. The van der Waals surface area contributed by atoms with Crippen molar-refractivity contribution < 1.29 is 15.0 Å². The topological polar surface area (TPSA) is 113 Å². The van der Waals surface area contributed by atoms with Gasteiger partial charge in [0.1, 0.15) is 11.9 Å². The average Bonchev–Trinajstić information content (AvgIpc) is 3.40. The molecule has 2 aliphatic rings. The van der Waals surface area contributed by atoms with Gasteiger partial charge in [-0.15, -0.1) is 0 Å². The zero-order valence-corrected chi connectivity index (χ0v) is 18.7. The number of Topliss-reactive ketones (excluding diaryl/α,β-unsaturated/α-hetero) is 1. The fraction of sp³-hybridized carbons (Fsp3) is 0.308.